The van der Waals surface area contributed by atoms with Crippen molar-refractivity contribution in [1.29, 1.82) is 0 Å². The van der Waals surface area contributed by atoms with Crippen molar-refractivity contribution < 1.29 is 9.47 Å². The summed E-state index contributed by atoms with van der Waals surface area (Å²) < 4.78 is 12.2. The van der Waals surface area contributed by atoms with Crippen LogP contribution >= 0.6 is 28.1 Å². The Morgan fingerprint density at radius 2 is 2.00 bits per heavy atom. The summed E-state index contributed by atoms with van der Waals surface area (Å²) in [6.07, 6.45) is 1.66. The summed E-state index contributed by atoms with van der Waals surface area (Å²) >= 11 is 8.59. The molecular formula is C18H20BrN3O2S. The summed E-state index contributed by atoms with van der Waals surface area (Å²) in [4.78, 5) is 0. The van der Waals surface area contributed by atoms with E-state index < -0.39 is 0 Å². The zero-order chi connectivity index (χ0) is 18.1. The van der Waals surface area contributed by atoms with E-state index in [1.807, 2.05) is 49.4 Å². The topological polar surface area (TPSA) is 54.9 Å². The summed E-state index contributed by atoms with van der Waals surface area (Å²) in [6, 6.07) is 13.7. The van der Waals surface area contributed by atoms with Crippen LogP contribution in [0.15, 0.2) is 52.0 Å². The van der Waals surface area contributed by atoms with Gasteiger partial charge in [0.25, 0.3) is 0 Å². The van der Waals surface area contributed by atoms with Gasteiger partial charge in [0.1, 0.15) is 6.61 Å². The molecule has 25 heavy (non-hydrogen) atoms. The molecular weight excluding hydrogens is 402 g/mol. The van der Waals surface area contributed by atoms with Crippen molar-refractivity contribution in [2.75, 3.05) is 13.7 Å². The first-order valence-electron chi connectivity index (χ1n) is 7.75. The van der Waals surface area contributed by atoms with E-state index in [1.165, 1.54) is 0 Å². The van der Waals surface area contributed by atoms with Gasteiger partial charge in [-0.1, -0.05) is 30.3 Å². The maximum Gasteiger partial charge on any atom is 0.186 e. The molecule has 0 bridgehead atoms. The number of thiocarbonyl (C=S) groups is 1. The van der Waals surface area contributed by atoms with E-state index in [0.29, 0.717) is 23.2 Å². The number of benzene rings is 2. The Hall–Kier alpha value is -2.12. The van der Waals surface area contributed by atoms with Gasteiger partial charge in [-0.05, 0) is 52.8 Å². The molecule has 132 valence electrons. The molecule has 0 unspecified atom stereocenters. The molecule has 0 amide bonds. The van der Waals surface area contributed by atoms with Gasteiger partial charge in [0, 0.05) is 16.6 Å². The van der Waals surface area contributed by atoms with E-state index in [0.717, 1.165) is 22.1 Å². The highest BCUT2D eigenvalue weighted by molar-refractivity contribution is 9.10. The van der Waals surface area contributed by atoms with E-state index in [2.05, 4.69) is 31.8 Å². The second-order valence-corrected chi connectivity index (χ2v) is 6.29. The first kappa shape index (κ1) is 19.2. The van der Waals surface area contributed by atoms with Gasteiger partial charge >= 0.3 is 0 Å². The lowest BCUT2D eigenvalue weighted by molar-refractivity contribution is 0.284. The zero-order valence-corrected chi connectivity index (χ0v) is 16.5. The van der Waals surface area contributed by atoms with Crippen LogP contribution in [0.1, 0.15) is 18.1 Å². The molecule has 0 aliphatic heterocycles. The number of rotatable bonds is 7. The van der Waals surface area contributed by atoms with Crippen molar-refractivity contribution in [3.05, 3.63) is 58.1 Å². The Kier molecular flexibility index (Phi) is 7.69. The maximum atomic E-state index is 5.88. The molecule has 0 saturated carbocycles. The van der Waals surface area contributed by atoms with Gasteiger partial charge < -0.3 is 14.8 Å². The van der Waals surface area contributed by atoms with Gasteiger partial charge in [-0.25, -0.2) is 0 Å². The standard InChI is InChI=1S/C18H20BrN3O2S/c1-3-20-18(25)22-21-11-14-9-16(23-2)17(10-15(14)19)24-12-13-7-5-4-6-8-13/h4-11H,3,12H2,1-2H3,(H2,20,22,25)/b21-11-. The minimum absolute atomic E-state index is 0.468. The molecule has 2 aromatic rings. The van der Waals surface area contributed by atoms with Crippen LogP contribution in [0.4, 0.5) is 0 Å². The lowest BCUT2D eigenvalue weighted by atomic mass is 10.2. The maximum absolute atomic E-state index is 5.88. The van der Waals surface area contributed by atoms with Gasteiger partial charge in [0.05, 0.1) is 13.3 Å². The van der Waals surface area contributed by atoms with Crippen molar-refractivity contribution in [1.82, 2.24) is 10.7 Å². The molecule has 0 aliphatic carbocycles. The van der Waals surface area contributed by atoms with Gasteiger partial charge in [0.15, 0.2) is 16.6 Å². The number of methoxy groups -OCH3 is 1. The van der Waals surface area contributed by atoms with Gasteiger partial charge in [-0.3, -0.25) is 5.43 Å². The lowest BCUT2D eigenvalue weighted by Crippen LogP contribution is -2.31. The third kappa shape index (κ3) is 6.03. The van der Waals surface area contributed by atoms with Gasteiger partial charge in [0.2, 0.25) is 0 Å². The van der Waals surface area contributed by atoms with Crippen molar-refractivity contribution in [3.63, 3.8) is 0 Å². The SMILES string of the molecule is CCNC(=S)N/N=C\c1cc(OC)c(OCc2ccccc2)cc1Br. The average Bonchev–Trinajstić information content (AvgIpc) is 2.62. The normalized spacial score (nSPS) is 10.5. The molecule has 0 fully saturated rings. The second-order valence-electron chi connectivity index (χ2n) is 5.03. The van der Waals surface area contributed by atoms with Crippen LogP contribution in [-0.2, 0) is 6.61 Å². The Morgan fingerprint density at radius 3 is 2.68 bits per heavy atom. The number of hydrogen-bond acceptors (Lipinski definition) is 4. The van der Waals surface area contributed by atoms with Crippen LogP contribution in [0.3, 0.4) is 0 Å². The van der Waals surface area contributed by atoms with E-state index in [-0.39, 0.29) is 0 Å². The number of nitrogens with one attached hydrogen (secondary N) is 2. The van der Waals surface area contributed by atoms with Crippen molar-refractivity contribution in [3.8, 4) is 11.5 Å². The summed E-state index contributed by atoms with van der Waals surface area (Å²) in [5.41, 5.74) is 4.69. The number of nitrogens with zero attached hydrogens (tertiary/aromatic N) is 1. The minimum atomic E-state index is 0.468. The van der Waals surface area contributed by atoms with Crippen LogP contribution in [0, 0.1) is 0 Å². The van der Waals surface area contributed by atoms with Crippen molar-refractivity contribution in [2.45, 2.75) is 13.5 Å². The zero-order valence-electron chi connectivity index (χ0n) is 14.1. The predicted molar refractivity (Wildman–Crippen MR) is 108 cm³/mol. The Labute approximate surface area is 161 Å². The Morgan fingerprint density at radius 1 is 1.24 bits per heavy atom. The van der Waals surface area contributed by atoms with E-state index in [9.17, 15) is 0 Å². The largest absolute Gasteiger partial charge is 0.493 e. The first-order chi connectivity index (χ1) is 12.1. The van der Waals surface area contributed by atoms with Crippen LogP contribution in [-0.4, -0.2) is 25.0 Å². The molecule has 0 heterocycles. The quantitative estimate of drug-likeness (QED) is 0.403. The van der Waals surface area contributed by atoms with Crippen molar-refractivity contribution in [2.24, 2.45) is 5.10 Å². The second kappa shape index (κ2) is 10.0. The molecule has 0 aliphatic rings. The summed E-state index contributed by atoms with van der Waals surface area (Å²) in [7, 11) is 1.61. The average molecular weight is 422 g/mol. The van der Waals surface area contributed by atoms with Gasteiger partial charge in [-0.15, -0.1) is 0 Å². The van der Waals surface area contributed by atoms with Crippen LogP contribution in [0.2, 0.25) is 0 Å². The molecule has 2 aromatic carbocycles. The van der Waals surface area contributed by atoms with E-state index in [1.54, 1.807) is 13.3 Å². The molecule has 0 aromatic heterocycles. The molecule has 0 spiro atoms. The van der Waals surface area contributed by atoms with Crippen LogP contribution in [0.25, 0.3) is 0 Å². The molecule has 5 nitrogen and oxygen atoms in total. The Balaban J connectivity index is 2.09. The van der Waals surface area contributed by atoms with E-state index >= 15 is 0 Å². The molecule has 7 heteroatoms. The Bertz CT molecular complexity index is 739. The van der Waals surface area contributed by atoms with Crippen LogP contribution in [0.5, 0.6) is 11.5 Å². The fourth-order valence-corrected chi connectivity index (χ4v) is 2.64. The molecule has 2 N–H and O–H groups in total. The van der Waals surface area contributed by atoms with Gasteiger partial charge in [-0.2, -0.15) is 5.10 Å². The highest BCUT2D eigenvalue weighted by atomic mass is 79.9. The number of ether oxygens (including phenoxy) is 2. The van der Waals surface area contributed by atoms with Crippen molar-refractivity contribution >= 4 is 39.5 Å². The number of hydrogen-bond donors (Lipinski definition) is 2. The minimum Gasteiger partial charge on any atom is -0.493 e. The summed E-state index contributed by atoms with van der Waals surface area (Å²) in [5.74, 6) is 1.29. The molecule has 2 rings (SSSR count). The monoisotopic (exact) mass is 421 g/mol. The third-order valence-corrected chi connectivity index (χ3v) is 4.15. The van der Waals surface area contributed by atoms with E-state index in [4.69, 9.17) is 21.7 Å². The fraction of sp³-hybridized carbons (Fsp3) is 0.222. The smallest absolute Gasteiger partial charge is 0.186 e. The fourth-order valence-electron chi connectivity index (χ4n) is 2.02. The number of hydrazone groups is 1. The molecule has 0 atom stereocenters. The lowest BCUT2D eigenvalue weighted by Gasteiger charge is -2.13. The molecule has 0 radical (unpaired) electrons. The highest BCUT2D eigenvalue weighted by Gasteiger charge is 2.10. The summed E-state index contributed by atoms with van der Waals surface area (Å²) in [5, 5.41) is 7.55. The number of halogens is 1. The third-order valence-electron chi connectivity index (χ3n) is 3.23. The predicted octanol–water partition coefficient (Wildman–Crippen LogP) is 3.85. The summed E-state index contributed by atoms with van der Waals surface area (Å²) in [6.45, 7) is 3.18. The molecule has 0 saturated heterocycles. The van der Waals surface area contributed by atoms with Crippen LogP contribution < -0.4 is 20.2 Å². The highest BCUT2D eigenvalue weighted by Crippen LogP contribution is 2.33. The first-order valence-corrected chi connectivity index (χ1v) is 8.95.